The zero-order chi connectivity index (χ0) is 17.8. The molecule has 0 unspecified atom stereocenters. The minimum atomic E-state index is -0.483. The number of hydrogen-bond acceptors (Lipinski definition) is 7. The Labute approximate surface area is 150 Å². The number of benzene rings is 1. The Morgan fingerprint density at radius 3 is 2.52 bits per heavy atom. The second-order valence-electron chi connectivity index (χ2n) is 6.07. The first-order valence-corrected chi connectivity index (χ1v) is 8.45. The molecule has 3 rings (SSSR count). The maximum atomic E-state index is 11.3. The van der Waals surface area contributed by atoms with Crippen molar-refractivity contribution >= 4 is 34.7 Å². The van der Waals surface area contributed by atoms with Gasteiger partial charge in [0.05, 0.1) is 4.92 Å². The van der Waals surface area contributed by atoms with E-state index in [1.807, 2.05) is 0 Å². The standard InChI is InChI=1S/C16H19ClN6O2/c17-10-1-5-13(6-2-10)21-16-19-9-14(23(24)25)15(22-16)20-12-7-3-11(18)4-8-12/h1-2,5-6,9,11-12H,3-4,7-8,18H2,(H2,19,20,21,22). The van der Waals surface area contributed by atoms with E-state index in [-0.39, 0.29) is 29.5 Å². The zero-order valence-electron chi connectivity index (χ0n) is 13.5. The molecule has 0 aliphatic heterocycles. The SMILES string of the molecule is NC1CCC(Nc2nc(Nc3ccc(Cl)cc3)ncc2[N+](=O)[O-])CC1. The summed E-state index contributed by atoms with van der Waals surface area (Å²) in [4.78, 5) is 19.1. The molecule has 9 heteroatoms. The fraction of sp³-hybridized carbons (Fsp3) is 0.375. The van der Waals surface area contributed by atoms with Gasteiger partial charge in [0.1, 0.15) is 6.20 Å². The summed E-state index contributed by atoms with van der Waals surface area (Å²) in [6.45, 7) is 0. The minimum absolute atomic E-state index is 0.122. The second kappa shape index (κ2) is 7.62. The van der Waals surface area contributed by atoms with E-state index in [0.717, 1.165) is 31.4 Å². The summed E-state index contributed by atoms with van der Waals surface area (Å²) in [6, 6.07) is 7.36. The molecule has 1 aliphatic carbocycles. The van der Waals surface area contributed by atoms with Gasteiger partial charge in [-0.1, -0.05) is 11.6 Å². The van der Waals surface area contributed by atoms with E-state index in [0.29, 0.717) is 5.02 Å². The Bertz CT molecular complexity index is 747. The number of aromatic nitrogens is 2. The lowest BCUT2D eigenvalue weighted by Crippen LogP contribution is -2.33. The molecule has 4 N–H and O–H groups in total. The van der Waals surface area contributed by atoms with Crippen LogP contribution in [-0.2, 0) is 0 Å². The summed E-state index contributed by atoms with van der Waals surface area (Å²) < 4.78 is 0. The number of nitrogens with two attached hydrogens (primary N) is 1. The fourth-order valence-corrected chi connectivity index (χ4v) is 2.92. The van der Waals surface area contributed by atoms with Crippen molar-refractivity contribution < 1.29 is 4.92 Å². The molecule has 0 radical (unpaired) electrons. The molecule has 132 valence electrons. The van der Waals surface area contributed by atoms with Crippen molar-refractivity contribution in [2.75, 3.05) is 10.6 Å². The molecule has 0 atom stereocenters. The van der Waals surface area contributed by atoms with E-state index < -0.39 is 4.92 Å². The van der Waals surface area contributed by atoms with Crippen molar-refractivity contribution in [2.45, 2.75) is 37.8 Å². The van der Waals surface area contributed by atoms with Gasteiger partial charge in [-0.3, -0.25) is 10.1 Å². The summed E-state index contributed by atoms with van der Waals surface area (Å²) in [7, 11) is 0. The molecular weight excluding hydrogens is 344 g/mol. The summed E-state index contributed by atoms with van der Waals surface area (Å²) in [6.07, 6.45) is 4.73. The minimum Gasteiger partial charge on any atom is -0.361 e. The molecule has 1 fully saturated rings. The Hall–Kier alpha value is -2.45. The molecule has 1 aromatic heterocycles. The van der Waals surface area contributed by atoms with Crippen molar-refractivity contribution in [1.82, 2.24) is 9.97 Å². The highest BCUT2D eigenvalue weighted by Gasteiger charge is 2.23. The van der Waals surface area contributed by atoms with Gasteiger partial charge in [-0.15, -0.1) is 0 Å². The van der Waals surface area contributed by atoms with Crippen LogP contribution in [-0.4, -0.2) is 27.0 Å². The molecule has 8 nitrogen and oxygen atoms in total. The van der Waals surface area contributed by atoms with Gasteiger partial charge < -0.3 is 16.4 Å². The van der Waals surface area contributed by atoms with Gasteiger partial charge in [-0.25, -0.2) is 4.98 Å². The number of nitrogens with zero attached hydrogens (tertiary/aromatic N) is 3. The lowest BCUT2D eigenvalue weighted by molar-refractivity contribution is -0.384. The maximum Gasteiger partial charge on any atom is 0.329 e. The first-order valence-electron chi connectivity index (χ1n) is 8.07. The van der Waals surface area contributed by atoms with E-state index in [9.17, 15) is 10.1 Å². The Morgan fingerprint density at radius 1 is 1.20 bits per heavy atom. The van der Waals surface area contributed by atoms with Gasteiger partial charge in [0.15, 0.2) is 0 Å². The number of anilines is 3. The van der Waals surface area contributed by atoms with Crippen LogP contribution in [0.2, 0.25) is 5.02 Å². The van der Waals surface area contributed by atoms with Crippen LogP contribution < -0.4 is 16.4 Å². The summed E-state index contributed by atoms with van der Waals surface area (Å²) >= 11 is 5.86. The van der Waals surface area contributed by atoms with Crippen molar-refractivity contribution in [3.8, 4) is 0 Å². The topological polar surface area (TPSA) is 119 Å². The Morgan fingerprint density at radius 2 is 1.88 bits per heavy atom. The molecule has 0 saturated heterocycles. The van der Waals surface area contributed by atoms with E-state index in [1.165, 1.54) is 6.20 Å². The predicted molar refractivity (Wildman–Crippen MR) is 97.3 cm³/mol. The van der Waals surface area contributed by atoms with Crippen LogP contribution >= 0.6 is 11.6 Å². The van der Waals surface area contributed by atoms with E-state index >= 15 is 0 Å². The maximum absolute atomic E-state index is 11.3. The number of halogens is 1. The highest BCUT2D eigenvalue weighted by atomic mass is 35.5. The quantitative estimate of drug-likeness (QED) is 0.550. The van der Waals surface area contributed by atoms with Crippen LogP contribution in [0.5, 0.6) is 0 Å². The molecule has 0 spiro atoms. The number of nitro groups is 1. The molecular formula is C16H19ClN6O2. The van der Waals surface area contributed by atoms with Gasteiger partial charge in [-0.05, 0) is 49.9 Å². The second-order valence-corrected chi connectivity index (χ2v) is 6.51. The summed E-state index contributed by atoms with van der Waals surface area (Å²) in [5.41, 5.74) is 6.51. The van der Waals surface area contributed by atoms with Crippen LogP contribution in [0, 0.1) is 10.1 Å². The highest BCUT2D eigenvalue weighted by molar-refractivity contribution is 6.30. The van der Waals surface area contributed by atoms with Crippen LogP contribution in [0.25, 0.3) is 0 Å². The third kappa shape index (κ3) is 4.55. The smallest absolute Gasteiger partial charge is 0.329 e. The summed E-state index contributed by atoms with van der Waals surface area (Å²) in [5.74, 6) is 0.500. The van der Waals surface area contributed by atoms with Crippen molar-refractivity contribution in [3.63, 3.8) is 0 Å². The van der Waals surface area contributed by atoms with E-state index in [2.05, 4.69) is 20.6 Å². The average molecular weight is 363 g/mol. The van der Waals surface area contributed by atoms with Gasteiger partial charge in [0, 0.05) is 22.8 Å². The van der Waals surface area contributed by atoms with E-state index in [1.54, 1.807) is 24.3 Å². The summed E-state index contributed by atoms with van der Waals surface area (Å²) in [5, 5.41) is 18.1. The van der Waals surface area contributed by atoms with Gasteiger partial charge in [0.2, 0.25) is 11.8 Å². The molecule has 25 heavy (non-hydrogen) atoms. The predicted octanol–water partition coefficient (Wildman–Crippen LogP) is 3.46. The first-order chi connectivity index (χ1) is 12.0. The van der Waals surface area contributed by atoms with Crippen LogP contribution in [0.3, 0.4) is 0 Å². The van der Waals surface area contributed by atoms with Crippen LogP contribution in [0.1, 0.15) is 25.7 Å². The van der Waals surface area contributed by atoms with Gasteiger partial charge in [0.25, 0.3) is 0 Å². The third-order valence-corrected chi connectivity index (χ3v) is 4.43. The van der Waals surface area contributed by atoms with E-state index in [4.69, 9.17) is 17.3 Å². The monoisotopic (exact) mass is 362 g/mol. The number of nitrogens with one attached hydrogen (secondary N) is 2. The zero-order valence-corrected chi connectivity index (χ0v) is 14.2. The fourth-order valence-electron chi connectivity index (χ4n) is 2.79. The lowest BCUT2D eigenvalue weighted by atomic mass is 9.92. The van der Waals surface area contributed by atoms with Crippen LogP contribution in [0.15, 0.2) is 30.5 Å². The molecule has 0 bridgehead atoms. The first kappa shape index (κ1) is 17.4. The average Bonchev–Trinajstić information content (AvgIpc) is 2.59. The third-order valence-electron chi connectivity index (χ3n) is 4.18. The molecule has 1 aliphatic rings. The molecule has 1 heterocycles. The number of rotatable bonds is 5. The lowest BCUT2D eigenvalue weighted by Gasteiger charge is -2.27. The normalized spacial score (nSPS) is 20.1. The number of hydrogen-bond donors (Lipinski definition) is 3. The van der Waals surface area contributed by atoms with Crippen molar-refractivity contribution in [1.29, 1.82) is 0 Å². The Balaban J connectivity index is 1.79. The highest BCUT2D eigenvalue weighted by Crippen LogP contribution is 2.27. The van der Waals surface area contributed by atoms with Gasteiger partial charge >= 0.3 is 5.69 Å². The molecule has 1 saturated carbocycles. The van der Waals surface area contributed by atoms with Crippen molar-refractivity contribution in [3.05, 3.63) is 45.6 Å². The largest absolute Gasteiger partial charge is 0.361 e. The van der Waals surface area contributed by atoms with Gasteiger partial charge in [-0.2, -0.15) is 4.98 Å². The van der Waals surface area contributed by atoms with Crippen molar-refractivity contribution in [2.24, 2.45) is 5.73 Å². The molecule has 0 amide bonds. The Kier molecular flexibility index (Phi) is 5.30. The molecule has 1 aromatic carbocycles. The molecule has 2 aromatic rings. The van der Waals surface area contributed by atoms with Crippen LogP contribution in [0.4, 0.5) is 23.1 Å².